The van der Waals surface area contributed by atoms with E-state index < -0.39 is 0 Å². The zero-order valence-corrected chi connectivity index (χ0v) is 12.7. The van der Waals surface area contributed by atoms with Gasteiger partial charge in [-0.15, -0.1) is 0 Å². The number of para-hydroxylation sites is 1. The van der Waals surface area contributed by atoms with Crippen molar-refractivity contribution < 1.29 is 24.1 Å². The van der Waals surface area contributed by atoms with Gasteiger partial charge in [0.15, 0.2) is 18.1 Å². The van der Waals surface area contributed by atoms with Crippen LogP contribution in [0.2, 0.25) is 0 Å². The van der Waals surface area contributed by atoms with Gasteiger partial charge >= 0.3 is 0 Å². The fourth-order valence-electron chi connectivity index (χ4n) is 1.86. The van der Waals surface area contributed by atoms with E-state index in [1.807, 2.05) is 13.8 Å². The number of hydrogen-bond donors (Lipinski definition) is 2. The normalized spacial score (nSPS) is 11.8. The summed E-state index contributed by atoms with van der Waals surface area (Å²) in [7, 11) is 1.57. The third-order valence-corrected chi connectivity index (χ3v) is 2.70. The van der Waals surface area contributed by atoms with E-state index in [-0.39, 0.29) is 25.2 Å². The quantitative estimate of drug-likeness (QED) is 0.714. The van der Waals surface area contributed by atoms with Crippen molar-refractivity contribution in [3.63, 3.8) is 0 Å². The number of amides is 1. The molecule has 0 spiro atoms. The Balaban J connectivity index is 2.67. The summed E-state index contributed by atoms with van der Waals surface area (Å²) < 4.78 is 15.9. The van der Waals surface area contributed by atoms with E-state index in [1.165, 1.54) is 0 Å². The predicted molar refractivity (Wildman–Crippen MR) is 78.5 cm³/mol. The maximum Gasteiger partial charge on any atom is 0.258 e. The third kappa shape index (κ3) is 5.61. The Kier molecular flexibility index (Phi) is 7.56. The maximum absolute atomic E-state index is 11.8. The van der Waals surface area contributed by atoms with Crippen LogP contribution >= 0.6 is 0 Å². The lowest BCUT2D eigenvalue weighted by atomic mass is 10.2. The molecule has 0 aliphatic heterocycles. The average Bonchev–Trinajstić information content (AvgIpc) is 2.46. The van der Waals surface area contributed by atoms with Crippen LogP contribution in [0.4, 0.5) is 0 Å². The molecule has 0 aliphatic rings. The van der Waals surface area contributed by atoms with Gasteiger partial charge in [-0.05, 0) is 19.9 Å². The summed E-state index contributed by atoms with van der Waals surface area (Å²) in [4.78, 5) is 11.8. The molecule has 0 bridgehead atoms. The van der Waals surface area contributed by atoms with Crippen LogP contribution in [0.1, 0.15) is 19.4 Å². The van der Waals surface area contributed by atoms with Crippen LogP contribution in [0, 0.1) is 0 Å². The molecule has 1 aromatic carbocycles. The molecule has 0 heterocycles. The van der Waals surface area contributed by atoms with Crippen molar-refractivity contribution in [2.45, 2.75) is 26.5 Å². The largest absolute Gasteiger partial charge is 0.490 e. The van der Waals surface area contributed by atoms with E-state index >= 15 is 0 Å². The van der Waals surface area contributed by atoms with E-state index in [2.05, 4.69) is 5.32 Å². The van der Waals surface area contributed by atoms with Crippen molar-refractivity contribution >= 4 is 5.91 Å². The van der Waals surface area contributed by atoms with Crippen LogP contribution in [-0.4, -0.2) is 44.0 Å². The number of ether oxygens (including phenoxy) is 3. The van der Waals surface area contributed by atoms with Crippen LogP contribution in [0.3, 0.4) is 0 Å². The fraction of sp³-hybridized carbons (Fsp3) is 0.533. The molecule has 6 nitrogen and oxygen atoms in total. The summed E-state index contributed by atoms with van der Waals surface area (Å²) >= 11 is 0. The Morgan fingerprint density at radius 3 is 2.76 bits per heavy atom. The van der Waals surface area contributed by atoms with Crippen molar-refractivity contribution in [3.8, 4) is 11.5 Å². The third-order valence-electron chi connectivity index (χ3n) is 2.70. The molecule has 118 valence electrons. The van der Waals surface area contributed by atoms with Gasteiger partial charge in [-0.2, -0.15) is 0 Å². The molecule has 6 heteroatoms. The summed E-state index contributed by atoms with van der Waals surface area (Å²) in [5, 5.41) is 12.1. The van der Waals surface area contributed by atoms with Gasteiger partial charge in [-0.1, -0.05) is 12.1 Å². The summed E-state index contributed by atoms with van der Waals surface area (Å²) in [5.41, 5.74) is 0.582. The highest BCUT2D eigenvalue weighted by Gasteiger charge is 2.13. The predicted octanol–water partition coefficient (Wildman–Crippen LogP) is 1.11. The van der Waals surface area contributed by atoms with Crippen LogP contribution in [0.25, 0.3) is 0 Å². The monoisotopic (exact) mass is 297 g/mol. The Morgan fingerprint density at radius 1 is 1.38 bits per heavy atom. The second kappa shape index (κ2) is 9.20. The molecule has 0 saturated carbocycles. The van der Waals surface area contributed by atoms with E-state index in [0.717, 1.165) is 0 Å². The first-order valence-electron chi connectivity index (χ1n) is 6.89. The number of nitrogens with one attached hydrogen (secondary N) is 1. The van der Waals surface area contributed by atoms with Crippen molar-refractivity contribution in [1.82, 2.24) is 5.32 Å². The molecule has 0 aromatic heterocycles. The van der Waals surface area contributed by atoms with Crippen molar-refractivity contribution in [2.75, 3.05) is 26.9 Å². The Hall–Kier alpha value is -1.79. The molecule has 1 aromatic rings. The van der Waals surface area contributed by atoms with Gasteiger partial charge in [0, 0.05) is 18.7 Å². The topological polar surface area (TPSA) is 77.0 Å². The van der Waals surface area contributed by atoms with E-state index in [1.54, 1.807) is 25.3 Å². The lowest BCUT2D eigenvalue weighted by molar-refractivity contribution is -0.124. The summed E-state index contributed by atoms with van der Waals surface area (Å²) in [6.45, 7) is 4.28. The molecular weight excluding hydrogens is 274 g/mol. The second-order valence-electron chi connectivity index (χ2n) is 4.55. The van der Waals surface area contributed by atoms with Gasteiger partial charge in [-0.3, -0.25) is 4.79 Å². The zero-order chi connectivity index (χ0) is 15.7. The molecule has 1 amide bonds. The number of methoxy groups -OCH3 is 1. The molecule has 0 radical (unpaired) electrons. The van der Waals surface area contributed by atoms with Crippen molar-refractivity contribution in [3.05, 3.63) is 23.8 Å². The minimum atomic E-state index is -0.255. The summed E-state index contributed by atoms with van der Waals surface area (Å²) in [5.74, 6) is 0.660. The SMILES string of the molecule is CCOc1cccc(CO)c1OCC(=O)NC(C)COC. The summed E-state index contributed by atoms with van der Waals surface area (Å²) in [6.07, 6.45) is 0. The molecule has 21 heavy (non-hydrogen) atoms. The van der Waals surface area contributed by atoms with Crippen LogP contribution < -0.4 is 14.8 Å². The standard InChI is InChI=1S/C15H23NO5/c1-4-20-13-7-5-6-12(8-17)15(13)21-10-14(18)16-11(2)9-19-3/h5-7,11,17H,4,8-10H2,1-3H3,(H,16,18). The molecule has 0 fully saturated rings. The van der Waals surface area contributed by atoms with Crippen LogP contribution in [0.15, 0.2) is 18.2 Å². The molecule has 0 saturated heterocycles. The Bertz CT molecular complexity index is 450. The van der Waals surface area contributed by atoms with Gasteiger partial charge in [0.2, 0.25) is 0 Å². The minimum absolute atomic E-state index is 0.0921. The lowest BCUT2D eigenvalue weighted by Gasteiger charge is -2.16. The fourth-order valence-corrected chi connectivity index (χ4v) is 1.86. The number of rotatable bonds is 9. The zero-order valence-electron chi connectivity index (χ0n) is 12.7. The maximum atomic E-state index is 11.8. The summed E-state index contributed by atoms with van der Waals surface area (Å²) in [6, 6.07) is 5.14. The molecule has 2 N–H and O–H groups in total. The number of hydrogen-bond acceptors (Lipinski definition) is 5. The number of carbonyl (C=O) groups excluding carboxylic acids is 1. The Morgan fingerprint density at radius 2 is 2.14 bits per heavy atom. The number of aliphatic hydroxyl groups is 1. The Labute approximate surface area is 125 Å². The molecule has 0 aliphatic carbocycles. The highest BCUT2D eigenvalue weighted by molar-refractivity contribution is 5.78. The van der Waals surface area contributed by atoms with Crippen LogP contribution in [-0.2, 0) is 16.1 Å². The minimum Gasteiger partial charge on any atom is -0.490 e. The highest BCUT2D eigenvalue weighted by atomic mass is 16.5. The molecule has 1 rings (SSSR count). The van der Waals surface area contributed by atoms with Crippen molar-refractivity contribution in [2.24, 2.45) is 0 Å². The van der Waals surface area contributed by atoms with Gasteiger partial charge in [-0.25, -0.2) is 0 Å². The number of benzene rings is 1. The van der Waals surface area contributed by atoms with Gasteiger partial charge in [0.1, 0.15) is 0 Å². The first-order valence-corrected chi connectivity index (χ1v) is 6.89. The molecule has 1 atom stereocenters. The molecule has 1 unspecified atom stereocenters. The van der Waals surface area contributed by atoms with Crippen LogP contribution in [0.5, 0.6) is 11.5 Å². The van der Waals surface area contributed by atoms with E-state index in [0.29, 0.717) is 30.3 Å². The van der Waals surface area contributed by atoms with Gasteiger partial charge in [0.25, 0.3) is 5.91 Å². The van der Waals surface area contributed by atoms with Gasteiger partial charge in [0.05, 0.1) is 19.8 Å². The van der Waals surface area contributed by atoms with E-state index in [9.17, 15) is 9.90 Å². The van der Waals surface area contributed by atoms with E-state index in [4.69, 9.17) is 14.2 Å². The second-order valence-corrected chi connectivity index (χ2v) is 4.55. The number of carbonyl (C=O) groups is 1. The first kappa shape index (κ1) is 17.3. The smallest absolute Gasteiger partial charge is 0.258 e. The number of aliphatic hydroxyl groups excluding tert-OH is 1. The van der Waals surface area contributed by atoms with Crippen molar-refractivity contribution in [1.29, 1.82) is 0 Å². The van der Waals surface area contributed by atoms with Gasteiger partial charge < -0.3 is 24.6 Å². The average molecular weight is 297 g/mol. The lowest BCUT2D eigenvalue weighted by Crippen LogP contribution is -2.38. The highest BCUT2D eigenvalue weighted by Crippen LogP contribution is 2.31. The molecular formula is C15H23NO5. The first-order chi connectivity index (χ1) is 10.1.